The Balaban J connectivity index is 1.77. The van der Waals surface area contributed by atoms with E-state index in [2.05, 4.69) is 6.92 Å². The van der Waals surface area contributed by atoms with E-state index in [4.69, 9.17) is 35.3 Å². The lowest BCUT2D eigenvalue weighted by molar-refractivity contribution is -0.302. The minimum atomic E-state index is -2.49. The highest BCUT2D eigenvalue weighted by Gasteiger charge is 2.56. The molecule has 14 atom stereocenters. The first-order valence-electron chi connectivity index (χ1n) is 20.7. The van der Waals surface area contributed by atoms with Crippen molar-refractivity contribution in [1.82, 2.24) is 4.90 Å². The summed E-state index contributed by atoms with van der Waals surface area (Å²) < 4.78 is 30.1. The third-order valence-corrected chi connectivity index (χ3v) is 13.3. The third-order valence-electron chi connectivity index (χ3n) is 12.8. The van der Waals surface area contributed by atoms with Gasteiger partial charge in [0.25, 0.3) is 11.7 Å². The average Bonchev–Trinajstić information content (AvgIpc) is 3.17. The van der Waals surface area contributed by atoms with Crippen molar-refractivity contribution in [3.8, 4) is 0 Å². The van der Waals surface area contributed by atoms with E-state index in [1.807, 2.05) is 39.8 Å². The molecule has 2 N–H and O–H groups in total. The van der Waals surface area contributed by atoms with Gasteiger partial charge >= 0.3 is 5.97 Å². The van der Waals surface area contributed by atoms with Crippen molar-refractivity contribution >= 4 is 35.0 Å². The van der Waals surface area contributed by atoms with Crippen LogP contribution in [-0.4, -0.2) is 120 Å². The van der Waals surface area contributed by atoms with Gasteiger partial charge in [-0.05, 0) is 89.5 Å². The van der Waals surface area contributed by atoms with Crippen LogP contribution in [0.1, 0.15) is 112 Å². The standard InChI is InChI=1S/C43H68ClNO11/c1-10-29-18-24(2)17-25(3)19-36(53-8)39-37(54-9)21-28(6)43(51,56-39)40(48)41(49)45-16-12-11-13-32(45)42(50)55-38(30-14-15-31(44)35(22-30)52-7)27(5)20-26(4)33(46)23-34(29)47/h18,20,25-26,28-33,35-39,46,51H,10-17,19,21-23H2,1-9H3/b24-18+,27-20+/t25-,26-,28+,29+,30+,31-,32-,33-,35+,36-,37-,38?,39+,43+/m0/s1. The van der Waals surface area contributed by atoms with Crippen LogP contribution in [0.3, 0.4) is 0 Å². The lowest BCUT2D eigenvalue weighted by Crippen LogP contribution is -2.64. The van der Waals surface area contributed by atoms with E-state index >= 15 is 0 Å². The van der Waals surface area contributed by atoms with Gasteiger partial charge in [-0.15, -0.1) is 11.6 Å². The van der Waals surface area contributed by atoms with Gasteiger partial charge in [0.1, 0.15) is 24.0 Å². The average molecular weight is 810 g/mol. The van der Waals surface area contributed by atoms with Gasteiger partial charge in [0, 0.05) is 58.0 Å². The van der Waals surface area contributed by atoms with E-state index in [-0.39, 0.29) is 60.8 Å². The van der Waals surface area contributed by atoms with E-state index in [1.54, 1.807) is 14.0 Å². The van der Waals surface area contributed by atoms with E-state index < -0.39 is 71.8 Å². The molecule has 3 fully saturated rings. The fourth-order valence-corrected chi connectivity index (χ4v) is 9.71. The molecule has 0 spiro atoms. The van der Waals surface area contributed by atoms with Crippen molar-refractivity contribution in [2.45, 2.75) is 166 Å². The van der Waals surface area contributed by atoms with Crippen LogP contribution in [0.15, 0.2) is 23.3 Å². The maximum atomic E-state index is 14.3. The molecule has 2 saturated heterocycles. The number of carbonyl (C=O) groups excluding carboxylic acids is 4. The number of Topliss-reactive ketones (excluding diaryl/α,β-unsaturated/α-hetero) is 2. The molecule has 1 saturated carbocycles. The van der Waals surface area contributed by atoms with E-state index in [9.17, 15) is 29.4 Å². The van der Waals surface area contributed by atoms with Crippen LogP contribution >= 0.6 is 11.6 Å². The van der Waals surface area contributed by atoms with Crippen LogP contribution in [0.4, 0.5) is 0 Å². The summed E-state index contributed by atoms with van der Waals surface area (Å²) in [6.45, 7) is 11.5. The lowest BCUT2D eigenvalue weighted by Gasteiger charge is -2.47. The number of ketones is 2. The number of hydrogen-bond donors (Lipinski definition) is 2. The van der Waals surface area contributed by atoms with Crippen LogP contribution < -0.4 is 0 Å². The first-order chi connectivity index (χ1) is 26.5. The van der Waals surface area contributed by atoms with Crippen LogP contribution in [0, 0.1) is 29.6 Å². The molecule has 12 nitrogen and oxygen atoms in total. The fourth-order valence-electron chi connectivity index (χ4n) is 9.38. The van der Waals surface area contributed by atoms with Gasteiger partial charge in [-0.2, -0.15) is 0 Å². The highest BCUT2D eigenvalue weighted by atomic mass is 35.5. The quantitative estimate of drug-likeness (QED) is 0.152. The number of aliphatic hydroxyl groups is 2. The minimum Gasteiger partial charge on any atom is -0.456 e. The topological polar surface area (TPSA) is 158 Å². The van der Waals surface area contributed by atoms with Gasteiger partial charge < -0.3 is 38.8 Å². The molecule has 1 unspecified atom stereocenters. The van der Waals surface area contributed by atoms with Crippen molar-refractivity contribution in [2.75, 3.05) is 27.9 Å². The molecule has 4 rings (SSSR count). The fraction of sp³-hybridized carbons (Fsp3) is 0.814. The number of hydrogen-bond acceptors (Lipinski definition) is 11. The summed E-state index contributed by atoms with van der Waals surface area (Å²) in [4.78, 5) is 57.6. The number of rotatable bonds is 5. The zero-order valence-corrected chi connectivity index (χ0v) is 35.8. The Morgan fingerprint density at radius 3 is 2.20 bits per heavy atom. The minimum absolute atomic E-state index is 0.0337. The summed E-state index contributed by atoms with van der Waals surface area (Å²) in [6.07, 6.45) is 5.00. The van der Waals surface area contributed by atoms with Crippen molar-refractivity contribution < 1.29 is 53.1 Å². The highest BCUT2D eigenvalue weighted by Crippen LogP contribution is 2.40. The van der Waals surface area contributed by atoms with E-state index in [1.165, 1.54) is 19.1 Å². The van der Waals surface area contributed by atoms with Crippen LogP contribution in [0.5, 0.6) is 0 Å². The number of aliphatic hydroxyl groups excluding tert-OH is 1. The molecule has 2 bridgehead atoms. The molecule has 0 aromatic rings. The SMILES string of the molecule is CC[C@@H]1/C=C(\C)C[C@H](C)C[C@H](OC)[C@H]2O[C@@](O)(C(=O)C(=O)N3CCCC[C@H]3C(=O)OC([C@@H]3CC[C@H](Cl)[C@H](OC)C3)/C(C)=C/[C@H](C)[C@@H](O)CC1=O)[C@H](C)C[C@@H]2OC. The maximum absolute atomic E-state index is 14.3. The predicted octanol–water partition coefficient (Wildman–Crippen LogP) is 5.72. The van der Waals surface area contributed by atoms with Crippen molar-refractivity contribution in [3.05, 3.63) is 23.3 Å². The van der Waals surface area contributed by atoms with Crippen LogP contribution in [-0.2, 0) is 42.9 Å². The molecule has 0 radical (unpaired) electrons. The number of fused-ring (bicyclic) bond motifs is 3. The van der Waals surface area contributed by atoms with Gasteiger partial charge in [-0.3, -0.25) is 14.4 Å². The zero-order valence-electron chi connectivity index (χ0n) is 35.0. The molecule has 56 heavy (non-hydrogen) atoms. The van der Waals surface area contributed by atoms with E-state index in [0.717, 1.165) is 5.57 Å². The Bertz CT molecular complexity index is 1440. The second kappa shape index (κ2) is 20.7. The second-order valence-corrected chi connectivity index (χ2v) is 17.7. The number of cyclic esters (lactones) is 1. The molecular weight excluding hydrogens is 742 g/mol. The Morgan fingerprint density at radius 1 is 0.893 bits per heavy atom. The molecule has 0 aromatic carbocycles. The molecule has 13 heteroatoms. The van der Waals surface area contributed by atoms with E-state index in [0.29, 0.717) is 56.9 Å². The number of nitrogens with zero attached hydrogens (tertiary/aromatic N) is 1. The number of halogens is 1. The van der Waals surface area contributed by atoms with Gasteiger partial charge in [0.05, 0.1) is 29.8 Å². The molecule has 1 amide bonds. The summed E-state index contributed by atoms with van der Waals surface area (Å²) in [5.74, 6) is -7.11. The van der Waals surface area contributed by atoms with Gasteiger partial charge in [-0.1, -0.05) is 45.4 Å². The summed E-state index contributed by atoms with van der Waals surface area (Å²) in [5.41, 5.74) is 1.72. The van der Waals surface area contributed by atoms with Crippen molar-refractivity contribution in [1.29, 1.82) is 0 Å². The summed E-state index contributed by atoms with van der Waals surface area (Å²) in [7, 11) is 4.68. The molecular formula is C43H68ClNO11. The number of piperidine rings is 1. The largest absolute Gasteiger partial charge is 0.456 e. The zero-order chi connectivity index (χ0) is 41.5. The molecule has 318 valence electrons. The smallest absolute Gasteiger partial charge is 0.329 e. The number of amides is 1. The van der Waals surface area contributed by atoms with Crippen LogP contribution in [0.2, 0.25) is 0 Å². The highest BCUT2D eigenvalue weighted by molar-refractivity contribution is 6.39. The Kier molecular flexibility index (Phi) is 17.2. The number of alkyl halides is 1. The van der Waals surface area contributed by atoms with Crippen molar-refractivity contribution in [3.63, 3.8) is 0 Å². The van der Waals surface area contributed by atoms with Crippen molar-refractivity contribution in [2.24, 2.45) is 29.6 Å². The van der Waals surface area contributed by atoms with Gasteiger partial charge in [0.2, 0.25) is 5.79 Å². The molecule has 0 aromatic heterocycles. The lowest BCUT2D eigenvalue weighted by atomic mass is 9.80. The summed E-state index contributed by atoms with van der Waals surface area (Å²) >= 11 is 6.61. The number of ether oxygens (including phenoxy) is 5. The molecule has 3 aliphatic heterocycles. The number of carbonyl (C=O) groups is 4. The number of esters is 1. The molecule has 4 aliphatic rings. The molecule has 3 heterocycles. The normalized spacial score (nSPS) is 42.5. The number of allylic oxidation sites excluding steroid dienone is 2. The summed E-state index contributed by atoms with van der Waals surface area (Å²) in [6, 6.07) is -1.07. The second-order valence-electron chi connectivity index (χ2n) is 17.1. The van der Waals surface area contributed by atoms with Crippen LogP contribution in [0.25, 0.3) is 0 Å². The Labute approximate surface area is 339 Å². The number of methoxy groups -OCH3 is 3. The monoisotopic (exact) mass is 809 g/mol. The molecule has 1 aliphatic carbocycles. The first kappa shape index (κ1) is 46.5. The predicted molar refractivity (Wildman–Crippen MR) is 212 cm³/mol. The Morgan fingerprint density at radius 2 is 1.55 bits per heavy atom. The first-order valence-corrected chi connectivity index (χ1v) is 21.2. The Hall–Kier alpha value is -2.19. The summed E-state index contributed by atoms with van der Waals surface area (Å²) in [5, 5.41) is 23.2. The maximum Gasteiger partial charge on any atom is 0.329 e. The van der Waals surface area contributed by atoms with Gasteiger partial charge in [0.15, 0.2) is 0 Å². The van der Waals surface area contributed by atoms with Gasteiger partial charge in [-0.25, -0.2) is 4.79 Å². The third kappa shape index (κ3) is 10.9.